The van der Waals surface area contributed by atoms with E-state index in [2.05, 4.69) is 9.97 Å². The number of nitrogens with zero attached hydrogens (tertiary/aromatic N) is 3. The van der Waals surface area contributed by atoms with Gasteiger partial charge in [-0.3, -0.25) is 18.9 Å². The van der Waals surface area contributed by atoms with Crippen LogP contribution in [0.2, 0.25) is 5.02 Å². The third kappa shape index (κ3) is 1.68. The summed E-state index contributed by atoms with van der Waals surface area (Å²) in [5, 5.41) is 0.495. The van der Waals surface area contributed by atoms with E-state index in [0.29, 0.717) is 16.4 Å². The minimum Gasteiger partial charge on any atom is -0.291 e. The molecule has 1 aromatic carbocycles. The highest BCUT2D eigenvalue weighted by atomic mass is 35.5. The molecule has 0 atom stereocenters. The van der Waals surface area contributed by atoms with Gasteiger partial charge in [-0.15, -0.1) is 0 Å². The topological polar surface area (TPSA) is 72.7 Å². The number of nitrogens with one attached hydrogen (secondary N) is 1. The summed E-state index contributed by atoms with van der Waals surface area (Å²) < 4.78 is 2.85. The molecule has 0 saturated carbocycles. The Bertz CT molecular complexity index is 891. The van der Waals surface area contributed by atoms with Gasteiger partial charge >= 0.3 is 5.69 Å². The van der Waals surface area contributed by atoms with Crippen LogP contribution in [0.3, 0.4) is 0 Å². The predicted molar refractivity (Wildman–Crippen MR) is 71.9 cm³/mol. The summed E-state index contributed by atoms with van der Waals surface area (Å²) in [6, 6.07) is 7.10. The lowest BCUT2D eigenvalue weighted by molar-refractivity contribution is 0.831. The largest absolute Gasteiger partial charge is 0.329 e. The van der Waals surface area contributed by atoms with Crippen LogP contribution in [0.15, 0.2) is 40.2 Å². The highest BCUT2D eigenvalue weighted by Gasteiger charge is 2.13. The highest BCUT2D eigenvalue weighted by Crippen LogP contribution is 2.21. The molecule has 0 saturated heterocycles. The Morgan fingerprint density at radius 2 is 2.00 bits per heavy atom. The van der Waals surface area contributed by atoms with E-state index < -0.39 is 11.2 Å². The van der Waals surface area contributed by atoms with Crippen molar-refractivity contribution in [1.29, 1.82) is 0 Å². The van der Waals surface area contributed by atoms with Gasteiger partial charge in [0.05, 0.1) is 10.7 Å². The van der Waals surface area contributed by atoms with Crippen LogP contribution in [0.1, 0.15) is 0 Å². The van der Waals surface area contributed by atoms with E-state index in [4.69, 9.17) is 11.6 Å². The Morgan fingerprint density at radius 1 is 1.26 bits per heavy atom. The summed E-state index contributed by atoms with van der Waals surface area (Å²) in [6.45, 7) is 0. The molecule has 0 spiro atoms. The predicted octanol–water partition coefficient (Wildman–Crippen LogP) is 1.07. The number of rotatable bonds is 1. The summed E-state index contributed by atoms with van der Waals surface area (Å²) in [6.07, 6.45) is 1.47. The van der Waals surface area contributed by atoms with Crippen molar-refractivity contribution in [2.75, 3.05) is 0 Å². The van der Waals surface area contributed by atoms with E-state index in [1.807, 2.05) is 6.07 Å². The molecule has 6 nitrogen and oxygen atoms in total. The molecular weight excluding hydrogens is 268 g/mol. The van der Waals surface area contributed by atoms with Crippen molar-refractivity contribution in [1.82, 2.24) is 19.1 Å². The van der Waals surface area contributed by atoms with E-state index >= 15 is 0 Å². The first-order chi connectivity index (χ1) is 9.09. The second kappa shape index (κ2) is 4.10. The number of fused-ring (bicyclic) bond motifs is 1. The molecule has 0 aliphatic rings. The quantitative estimate of drug-likeness (QED) is 0.722. The number of para-hydroxylation sites is 1. The first-order valence-corrected chi connectivity index (χ1v) is 5.88. The van der Waals surface area contributed by atoms with E-state index in [9.17, 15) is 9.59 Å². The van der Waals surface area contributed by atoms with Crippen molar-refractivity contribution in [3.63, 3.8) is 0 Å². The molecule has 2 aromatic heterocycles. The summed E-state index contributed by atoms with van der Waals surface area (Å²) in [5.41, 5.74) is 0.247. The fourth-order valence-electron chi connectivity index (χ4n) is 1.96. The average molecular weight is 277 g/mol. The Balaban J connectivity index is 2.46. The highest BCUT2D eigenvalue weighted by molar-refractivity contribution is 6.32. The van der Waals surface area contributed by atoms with Gasteiger partial charge in [0, 0.05) is 7.05 Å². The van der Waals surface area contributed by atoms with Gasteiger partial charge in [0.1, 0.15) is 6.33 Å². The zero-order valence-corrected chi connectivity index (χ0v) is 10.7. The van der Waals surface area contributed by atoms with E-state index in [1.54, 1.807) is 29.8 Å². The van der Waals surface area contributed by atoms with Crippen molar-refractivity contribution in [2.24, 2.45) is 7.05 Å². The second-order valence-corrected chi connectivity index (χ2v) is 4.46. The SMILES string of the molecule is Cn1c(=O)[nH]c(=O)c2c1ncn2-c1ccccc1Cl. The first-order valence-electron chi connectivity index (χ1n) is 5.51. The van der Waals surface area contributed by atoms with Crippen molar-refractivity contribution < 1.29 is 0 Å². The minimum atomic E-state index is -0.498. The lowest BCUT2D eigenvalue weighted by atomic mass is 10.3. The van der Waals surface area contributed by atoms with Crippen LogP contribution < -0.4 is 11.2 Å². The monoisotopic (exact) mass is 276 g/mol. The summed E-state index contributed by atoms with van der Waals surface area (Å²) >= 11 is 6.11. The average Bonchev–Trinajstić information content (AvgIpc) is 2.82. The van der Waals surface area contributed by atoms with Crippen LogP contribution >= 0.6 is 11.6 Å². The van der Waals surface area contributed by atoms with Gasteiger partial charge in [0.2, 0.25) is 0 Å². The van der Waals surface area contributed by atoms with Crippen molar-refractivity contribution in [3.8, 4) is 5.69 Å². The molecule has 0 unspecified atom stereocenters. The lowest BCUT2D eigenvalue weighted by Gasteiger charge is -2.05. The zero-order valence-electron chi connectivity index (χ0n) is 9.92. The maximum atomic E-state index is 11.9. The number of hydrogen-bond acceptors (Lipinski definition) is 3. The Hall–Kier alpha value is -2.34. The molecule has 19 heavy (non-hydrogen) atoms. The standard InChI is InChI=1S/C12H9ClN4O2/c1-16-10-9(11(18)15-12(16)19)17(6-14-10)8-5-3-2-4-7(8)13/h2-6H,1H3,(H,15,18,19). The van der Waals surface area contributed by atoms with Gasteiger partial charge in [-0.25, -0.2) is 9.78 Å². The van der Waals surface area contributed by atoms with Gasteiger partial charge in [-0.1, -0.05) is 23.7 Å². The molecule has 0 aliphatic heterocycles. The molecule has 0 amide bonds. The van der Waals surface area contributed by atoms with Crippen molar-refractivity contribution in [3.05, 3.63) is 56.5 Å². The molecule has 0 aliphatic carbocycles. The van der Waals surface area contributed by atoms with Crippen LogP contribution in [0.25, 0.3) is 16.9 Å². The van der Waals surface area contributed by atoms with Crippen LogP contribution in [-0.2, 0) is 7.05 Å². The zero-order chi connectivity index (χ0) is 13.6. The number of aromatic nitrogens is 4. The molecule has 3 rings (SSSR count). The van der Waals surface area contributed by atoms with E-state index in [0.717, 1.165) is 0 Å². The number of hydrogen-bond donors (Lipinski definition) is 1. The second-order valence-electron chi connectivity index (χ2n) is 4.06. The molecule has 7 heteroatoms. The van der Waals surface area contributed by atoms with Gasteiger partial charge in [0.15, 0.2) is 11.2 Å². The van der Waals surface area contributed by atoms with Crippen LogP contribution in [-0.4, -0.2) is 19.1 Å². The fourth-order valence-corrected chi connectivity index (χ4v) is 2.19. The summed E-state index contributed by atoms with van der Waals surface area (Å²) in [7, 11) is 1.55. The van der Waals surface area contributed by atoms with Crippen molar-refractivity contribution >= 4 is 22.8 Å². The van der Waals surface area contributed by atoms with Gasteiger partial charge in [0.25, 0.3) is 5.56 Å². The molecular formula is C12H9ClN4O2. The smallest absolute Gasteiger partial charge is 0.291 e. The third-order valence-electron chi connectivity index (χ3n) is 2.92. The molecule has 3 aromatic rings. The van der Waals surface area contributed by atoms with E-state index in [-0.39, 0.29) is 5.52 Å². The Kier molecular flexibility index (Phi) is 2.53. The van der Waals surface area contributed by atoms with Gasteiger partial charge in [-0.05, 0) is 12.1 Å². The van der Waals surface area contributed by atoms with Crippen LogP contribution in [0.5, 0.6) is 0 Å². The number of halogens is 1. The number of aryl methyl sites for hydroxylation is 1. The van der Waals surface area contributed by atoms with Crippen LogP contribution in [0.4, 0.5) is 0 Å². The number of H-pyrrole nitrogens is 1. The number of imidazole rings is 1. The minimum absolute atomic E-state index is 0.287. The molecule has 0 fully saturated rings. The van der Waals surface area contributed by atoms with Crippen molar-refractivity contribution in [2.45, 2.75) is 0 Å². The molecule has 96 valence electrons. The first kappa shape index (κ1) is 11.7. The van der Waals surface area contributed by atoms with E-state index in [1.165, 1.54) is 10.9 Å². The molecule has 0 radical (unpaired) electrons. The summed E-state index contributed by atoms with van der Waals surface area (Å²) in [4.78, 5) is 29.8. The maximum absolute atomic E-state index is 11.9. The lowest BCUT2D eigenvalue weighted by Crippen LogP contribution is -2.29. The number of benzene rings is 1. The van der Waals surface area contributed by atoms with Gasteiger partial charge in [-0.2, -0.15) is 0 Å². The Labute approximate surface area is 111 Å². The molecule has 1 N–H and O–H groups in total. The third-order valence-corrected chi connectivity index (χ3v) is 3.24. The molecule has 0 bridgehead atoms. The fraction of sp³-hybridized carbons (Fsp3) is 0.0833. The van der Waals surface area contributed by atoms with Gasteiger partial charge < -0.3 is 0 Å². The number of aromatic amines is 1. The Morgan fingerprint density at radius 3 is 2.74 bits per heavy atom. The normalized spacial score (nSPS) is 11.1. The summed E-state index contributed by atoms with van der Waals surface area (Å²) in [5.74, 6) is 0. The maximum Gasteiger partial charge on any atom is 0.329 e. The molecule has 2 heterocycles. The van der Waals surface area contributed by atoms with Crippen LogP contribution in [0, 0.1) is 0 Å².